The number of hydrogen-bond acceptors (Lipinski definition) is 2. The van der Waals surface area contributed by atoms with Crippen LogP contribution in [0.1, 0.15) is 66.7 Å². The summed E-state index contributed by atoms with van der Waals surface area (Å²) >= 11 is 0. The molecule has 1 saturated carbocycles. The van der Waals surface area contributed by atoms with Crippen molar-refractivity contribution >= 4 is 0 Å². The van der Waals surface area contributed by atoms with E-state index < -0.39 is 0 Å². The lowest BCUT2D eigenvalue weighted by atomic mass is 9.80. The minimum absolute atomic E-state index is 0.687. The fourth-order valence-corrected chi connectivity index (χ4v) is 4.32. The lowest BCUT2D eigenvalue weighted by Gasteiger charge is -2.45. The fourth-order valence-electron chi connectivity index (χ4n) is 4.32. The number of hydrogen-bond donors (Lipinski definition) is 1. The number of nitrogens with zero attached hydrogens (tertiary/aromatic N) is 1. The maximum absolute atomic E-state index is 3.79. The second kappa shape index (κ2) is 7.97. The zero-order valence-electron chi connectivity index (χ0n) is 15.1. The average Bonchev–Trinajstić information content (AvgIpc) is 2.47. The summed E-state index contributed by atoms with van der Waals surface area (Å²) in [5.74, 6) is 3.49. The van der Waals surface area contributed by atoms with E-state index in [9.17, 15) is 0 Å². The van der Waals surface area contributed by atoms with E-state index in [1.165, 1.54) is 51.7 Å². The normalized spacial score (nSPS) is 35.6. The number of nitrogens with one attached hydrogen (secondary N) is 1. The Morgan fingerprint density at radius 3 is 2.10 bits per heavy atom. The van der Waals surface area contributed by atoms with Crippen LogP contribution in [0.2, 0.25) is 0 Å². The van der Waals surface area contributed by atoms with Crippen LogP contribution in [0.4, 0.5) is 0 Å². The van der Waals surface area contributed by atoms with Crippen LogP contribution in [0.5, 0.6) is 0 Å². The Morgan fingerprint density at radius 2 is 1.57 bits per heavy atom. The summed E-state index contributed by atoms with van der Waals surface area (Å²) in [5.41, 5.74) is 0. The van der Waals surface area contributed by atoms with Crippen LogP contribution in [-0.2, 0) is 0 Å². The average molecular weight is 295 g/mol. The van der Waals surface area contributed by atoms with Gasteiger partial charge < -0.3 is 5.32 Å². The van der Waals surface area contributed by atoms with Gasteiger partial charge in [-0.05, 0) is 36.5 Å². The summed E-state index contributed by atoms with van der Waals surface area (Å²) in [7, 11) is 0. The molecule has 1 saturated heterocycles. The third kappa shape index (κ3) is 4.69. The molecule has 2 atom stereocenters. The first-order valence-corrected chi connectivity index (χ1v) is 9.48. The molecule has 0 aromatic carbocycles. The Labute approximate surface area is 133 Å². The van der Waals surface area contributed by atoms with Gasteiger partial charge in [-0.15, -0.1) is 0 Å². The van der Waals surface area contributed by atoms with E-state index in [2.05, 4.69) is 44.8 Å². The summed E-state index contributed by atoms with van der Waals surface area (Å²) in [6.45, 7) is 15.7. The molecule has 1 aliphatic carbocycles. The number of piperazine rings is 1. The minimum Gasteiger partial charge on any atom is -0.311 e. The van der Waals surface area contributed by atoms with Gasteiger partial charge in [0, 0.05) is 31.7 Å². The lowest BCUT2D eigenvalue weighted by Crippen LogP contribution is -2.60. The molecule has 0 radical (unpaired) electrons. The molecular weight excluding hydrogens is 256 g/mol. The van der Waals surface area contributed by atoms with Gasteiger partial charge >= 0.3 is 0 Å². The first-order chi connectivity index (χ1) is 10.0. The van der Waals surface area contributed by atoms with E-state index in [0.717, 1.165) is 29.7 Å². The van der Waals surface area contributed by atoms with Gasteiger partial charge in [0.2, 0.25) is 0 Å². The molecule has 1 N–H and O–H groups in total. The summed E-state index contributed by atoms with van der Waals surface area (Å²) in [6, 6.07) is 1.43. The van der Waals surface area contributed by atoms with E-state index in [4.69, 9.17) is 0 Å². The van der Waals surface area contributed by atoms with Crippen LogP contribution in [0, 0.1) is 23.7 Å². The smallest absolute Gasteiger partial charge is 0.0244 e. The van der Waals surface area contributed by atoms with Crippen molar-refractivity contribution in [2.45, 2.75) is 78.8 Å². The summed E-state index contributed by atoms with van der Waals surface area (Å²) in [6.07, 6.45) is 7.30. The van der Waals surface area contributed by atoms with Crippen molar-refractivity contribution in [2.75, 3.05) is 19.6 Å². The molecule has 2 aliphatic rings. The lowest BCUT2D eigenvalue weighted by molar-refractivity contribution is 0.0596. The standard InChI is InChI=1S/C19H38N2/c1-6-16-7-9-17(10-8-16)12-21-13-18(14(2)3)20-11-19(21)15(4)5/h14-20H,6-13H2,1-5H3. The van der Waals surface area contributed by atoms with E-state index in [-0.39, 0.29) is 0 Å². The third-order valence-corrected chi connectivity index (χ3v) is 6.10. The van der Waals surface area contributed by atoms with Crippen LogP contribution in [0.15, 0.2) is 0 Å². The minimum atomic E-state index is 0.687. The van der Waals surface area contributed by atoms with E-state index >= 15 is 0 Å². The zero-order valence-corrected chi connectivity index (χ0v) is 15.1. The van der Waals surface area contributed by atoms with Gasteiger partial charge in [0.1, 0.15) is 0 Å². The molecule has 21 heavy (non-hydrogen) atoms. The Morgan fingerprint density at radius 1 is 0.952 bits per heavy atom. The van der Waals surface area contributed by atoms with Crippen LogP contribution in [-0.4, -0.2) is 36.6 Å². The van der Waals surface area contributed by atoms with Gasteiger partial charge in [-0.1, -0.05) is 53.9 Å². The first kappa shape index (κ1) is 17.3. The predicted molar refractivity (Wildman–Crippen MR) is 92.6 cm³/mol. The molecular formula is C19H38N2. The molecule has 0 bridgehead atoms. The molecule has 0 aromatic heterocycles. The van der Waals surface area contributed by atoms with Gasteiger partial charge in [-0.25, -0.2) is 0 Å². The van der Waals surface area contributed by atoms with Gasteiger partial charge in [0.15, 0.2) is 0 Å². The Bertz CT molecular complexity index is 292. The second-order valence-corrected chi connectivity index (χ2v) is 8.32. The third-order valence-electron chi connectivity index (χ3n) is 6.10. The Balaban J connectivity index is 1.90. The highest BCUT2D eigenvalue weighted by Gasteiger charge is 2.33. The van der Waals surface area contributed by atoms with Crippen molar-refractivity contribution in [3.63, 3.8) is 0 Å². The molecule has 2 nitrogen and oxygen atoms in total. The topological polar surface area (TPSA) is 15.3 Å². The van der Waals surface area contributed by atoms with E-state index in [1.807, 2.05) is 0 Å². The second-order valence-electron chi connectivity index (χ2n) is 8.32. The molecule has 0 amide bonds. The molecule has 2 unspecified atom stereocenters. The van der Waals surface area contributed by atoms with Crippen LogP contribution in [0.25, 0.3) is 0 Å². The first-order valence-electron chi connectivity index (χ1n) is 9.48. The Hall–Kier alpha value is -0.0800. The molecule has 2 fully saturated rings. The molecule has 0 spiro atoms. The summed E-state index contributed by atoms with van der Waals surface area (Å²) in [5, 5.41) is 3.79. The van der Waals surface area contributed by atoms with Crippen LogP contribution in [0.3, 0.4) is 0 Å². The monoisotopic (exact) mass is 294 g/mol. The highest BCUT2D eigenvalue weighted by atomic mass is 15.2. The van der Waals surface area contributed by atoms with Crippen molar-refractivity contribution in [1.29, 1.82) is 0 Å². The van der Waals surface area contributed by atoms with E-state index in [1.54, 1.807) is 0 Å². The maximum Gasteiger partial charge on any atom is 0.0244 e. The van der Waals surface area contributed by atoms with Gasteiger partial charge in [-0.3, -0.25) is 4.90 Å². The molecule has 1 aliphatic heterocycles. The number of rotatable bonds is 5. The summed E-state index contributed by atoms with van der Waals surface area (Å²) in [4.78, 5) is 2.84. The van der Waals surface area contributed by atoms with Crippen molar-refractivity contribution in [3.05, 3.63) is 0 Å². The van der Waals surface area contributed by atoms with Gasteiger partial charge in [-0.2, -0.15) is 0 Å². The maximum atomic E-state index is 3.79. The molecule has 2 heteroatoms. The Kier molecular flexibility index (Phi) is 6.55. The van der Waals surface area contributed by atoms with Crippen molar-refractivity contribution in [1.82, 2.24) is 10.2 Å². The van der Waals surface area contributed by atoms with Crippen molar-refractivity contribution in [3.8, 4) is 0 Å². The van der Waals surface area contributed by atoms with Gasteiger partial charge in [0.05, 0.1) is 0 Å². The predicted octanol–water partition coefficient (Wildman–Crippen LogP) is 4.16. The molecule has 124 valence electrons. The fraction of sp³-hybridized carbons (Fsp3) is 1.00. The van der Waals surface area contributed by atoms with Crippen molar-refractivity contribution < 1.29 is 0 Å². The van der Waals surface area contributed by atoms with Gasteiger partial charge in [0.25, 0.3) is 0 Å². The molecule has 2 rings (SSSR count). The highest BCUT2D eigenvalue weighted by molar-refractivity contribution is 4.90. The SMILES string of the molecule is CCC1CCC(CN2CC(C(C)C)NCC2C(C)C)CC1. The van der Waals surface area contributed by atoms with Crippen molar-refractivity contribution in [2.24, 2.45) is 23.7 Å². The highest BCUT2D eigenvalue weighted by Crippen LogP contribution is 2.32. The largest absolute Gasteiger partial charge is 0.311 e. The van der Waals surface area contributed by atoms with Crippen LogP contribution < -0.4 is 5.32 Å². The molecule has 0 aromatic rings. The summed E-state index contributed by atoms with van der Waals surface area (Å²) < 4.78 is 0. The van der Waals surface area contributed by atoms with E-state index in [0.29, 0.717) is 6.04 Å². The molecule has 1 heterocycles. The zero-order chi connectivity index (χ0) is 15.4. The quantitative estimate of drug-likeness (QED) is 0.819. The van der Waals surface area contributed by atoms with Crippen LogP contribution >= 0.6 is 0 Å².